The lowest BCUT2D eigenvalue weighted by Gasteiger charge is -2.16. The molecule has 2 atom stereocenters. The van der Waals surface area contributed by atoms with Gasteiger partial charge in [-0.2, -0.15) is 0 Å². The van der Waals surface area contributed by atoms with Crippen LogP contribution in [-0.2, 0) is 0 Å². The first-order valence-electron chi connectivity index (χ1n) is 3.84. The van der Waals surface area contributed by atoms with Gasteiger partial charge in [-0.3, -0.25) is 0 Å². The van der Waals surface area contributed by atoms with E-state index < -0.39 is 0 Å². The highest BCUT2D eigenvalue weighted by Gasteiger charge is 2.08. The zero-order valence-electron chi connectivity index (χ0n) is 6.69. The highest BCUT2D eigenvalue weighted by molar-refractivity contribution is 4.66. The van der Waals surface area contributed by atoms with Crippen molar-refractivity contribution >= 4 is 0 Å². The highest BCUT2D eigenvalue weighted by atomic mass is 14.1. The van der Waals surface area contributed by atoms with Crippen LogP contribution in [0.1, 0.15) is 33.1 Å². The Hall–Kier alpha value is 0. The molecule has 0 nitrogen and oxygen atoms in total. The minimum absolute atomic E-state index is 0.594. The van der Waals surface area contributed by atoms with Crippen molar-refractivity contribution in [2.75, 3.05) is 0 Å². The van der Waals surface area contributed by atoms with Gasteiger partial charge in [0.2, 0.25) is 0 Å². The molecular formula is C9H18. The van der Waals surface area contributed by atoms with Gasteiger partial charge in [-0.25, -0.2) is 0 Å². The molecule has 0 saturated heterocycles. The van der Waals surface area contributed by atoms with Crippen LogP contribution in [-0.4, -0.2) is 0 Å². The van der Waals surface area contributed by atoms with Crippen LogP contribution >= 0.6 is 0 Å². The predicted molar refractivity (Wildman–Crippen MR) is 42.9 cm³/mol. The Kier molecular flexibility index (Phi) is 4.84. The van der Waals surface area contributed by atoms with Crippen LogP contribution in [0.15, 0.2) is 0 Å². The van der Waals surface area contributed by atoms with Crippen LogP contribution in [0, 0.1) is 25.7 Å². The molecule has 0 heterocycles. The van der Waals surface area contributed by atoms with Gasteiger partial charge in [-0.15, -0.1) is 0 Å². The maximum Gasteiger partial charge on any atom is -0.0391 e. The molecule has 0 aromatic rings. The van der Waals surface area contributed by atoms with Crippen molar-refractivity contribution in [2.45, 2.75) is 33.1 Å². The van der Waals surface area contributed by atoms with Gasteiger partial charge in [0.05, 0.1) is 0 Å². The fourth-order valence-corrected chi connectivity index (χ4v) is 1.15. The van der Waals surface area contributed by atoms with E-state index in [0.29, 0.717) is 5.92 Å². The lowest BCUT2D eigenvalue weighted by Crippen LogP contribution is -2.06. The maximum atomic E-state index is 4.00. The van der Waals surface area contributed by atoms with E-state index in [1.54, 1.807) is 0 Å². The van der Waals surface area contributed by atoms with E-state index in [9.17, 15) is 0 Å². The Morgan fingerprint density at radius 3 is 2.11 bits per heavy atom. The molecule has 0 amide bonds. The van der Waals surface area contributed by atoms with Crippen LogP contribution in [0.3, 0.4) is 0 Å². The summed E-state index contributed by atoms with van der Waals surface area (Å²) in [5.41, 5.74) is 0. The third kappa shape index (κ3) is 3.56. The van der Waals surface area contributed by atoms with Crippen molar-refractivity contribution < 1.29 is 0 Å². The molecule has 2 unspecified atom stereocenters. The Balaban J connectivity index is 3.41. The summed E-state index contributed by atoms with van der Waals surface area (Å²) in [5, 5.41) is 0. The predicted octanol–water partition coefficient (Wildman–Crippen LogP) is 3.10. The van der Waals surface area contributed by atoms with Crippen molar-refractivity contribution in [1.29, 1.82) is 0 Å². The quantitative estimate of drug-likeness (QED) is 0.543. The third-order valence-electron chi connectivity index (χ3n) is 1.90. The van der Waals surface area contributed by atoms with Crippen LogP contribution in [0.2, 0.25) is 0 Å². The fraction of sp³-hybridized carbons (Fsp3) is 0.778. The van der Waals surface area contributed by atoms with E-state index in [2.05, 4.69) is 27.7 Å². The molecule has 0 aromatic heterocycles. The number of hydrogen-bond acceptors (Lipinski definition) is 0. The average Bonchev–Trinajstić information content (AvgIpc) is 1.82. The normalized spacial score (nSPS) is 14.3. The monoisotopic (exact) mass is 126 g/mol. The summed E-state index contributed by atoms with van der Waals surface area (Å²) in [5.74, 6) is 1.39. The summed E-state index contributed by atoms with van der Waals surface area (Å²) in [6.45, 7) is 12.2. The highest BCUT2D eigenvalue weighted by Crippen LogP contribution is 2.19. The number of hydrogen-bond donors (Lipinski definition) is 0. The third-order valence-corrected chi connectivity index (χ3v) is 1.90. The maximum absolute atomic E-state index is 4.00. The second-order valence-corrected chi connectivity index (χ2v) is 2.79. The first-order chi connectivity index (χ1) is 4.22. The fourth-order valence-electron chi connectivity index (χ4n) is 1.15. The van der Waals surface area contributed by atoms with E-state index in [1.807, 2.05) is 0 Å². The second kappa shape index (κ2) is 4.84. The molecule has 0 spiro atoms. The van der Waals surface area contributed by atoms with Crippen LogP contribution in [0.25, 0.3) is 0 Å². The summed E-state index contributed by atoms with van der Waals surface area (Å²) < 4.78 is 0. The first kappa shape index (κ1) is 9.00. The van der Waals surface area contributed by atoms with Crippen LogP contribution < -0.4 is 0 Å². The van der Waals surface area contributed by atoms with E-state index in [1.165, 1.54) is 12.8 Å². The average molecular weight is 126 g/mol. The molecule has 0 fully saturated rings. The number of rotatable bonds is 4. The second-order valence-electron chi connectivity index (χ2n) is 2.79. The smallest absolute Gasteiger partial charge is 0.0391 e. The SMILES string of the molecule is [CH2]CCC(CC)C([CH2])C. The molecule has 9 heavy (non-hydrogen) atoms. The summed E-state index contributed by atoms with van der Waals surface area (Å²) >= 11 is 0. The standard InChI is InChI=1S/C9H18/c1-5-7-9(6-2)8(3)4/h8-9H,1,3,5-7H2,2,4H3. The van der Waals surface area contributed by atoms with Gasteiger partial charge in [0, 0.05) is 0 Å². The van der Waals surface area contributed by atoms with Gasteiger partial charge in [-0.05, 0) is 11.8 Å². The minimum Gasteiger partial charge on any atom is -0.0651 e. The van der Waals surface area contributed by atoms with Gasteiger partial charge in [0.1, 0.15) is 0 Å². The van der Waals surface area contributed by atoms with Crippen molar-refractivity contribution in [3.05, 3.63) is 13.8 Å². The molecule has 0 heteroatoms. The molecule has 0 aliphatic heterocycles. The Morgan fingerprint density at radius 1 is 1.44 bits per heavy atom. The molecule has 0 rings (SSSR count). The Morgan fingerprint density at radius 2 is 2.00 bits per heavy atom. The largest absolute Gasteiger partial charge is 0.0651 e. The lowest BCUT2D eigenvalue weighted by atomic mass is 9.89. The van der Waals surface area contributed by atoms with E-state index in [4.69, 9.17) is 0 Å². The topological polar surface area (TPSA) is 0 Å². The van der Waals surface area contributed by atoms with Crippen molar-refractivity contribution in [2.24, 2.45) is 11.8 Å². The van der Waals surface area contributed by atoms with Crippen molar-refractivity contribution in [3.63, 3.8) is 0 Å². The first-order valence-corrected chi connectivity index (χ1v) is 3.84. The lowest BCUT2D eigenvalue weighted by molar-refractivity contribution is 0.379. The van der Waals surface area contributed by atoms with Gasteiger partial charge in [0.15, 0.2) is 0 Å². The molecular weight excluding hydrogens is 108 g/mol. The van der Waals surface area contributed by atoms with Crippen molar-refractivity contribution in [1.82, 2.24) is 0 Å². The summed E-state index contributed by atoms with van der Waals surface area (Å²) in [6, 6.07) is 0. The van der Waals surface area contributed by atoms with E-state index in [-0.39, 0.29) is 0 Å². The zero-order chi connectivity index (χ0) is 7.28. The zero-order valence-corrected chi connectivity index (χ0v) is 6.69. The molecule has 0 N–H and O–H groups in total. The minimum atomic E-state index is 0.594. The summed E-state index contributed by atoms with van der Waals surface area (Å²) in [7, 11) is 0. The summed E-state index contributed by atoms with van der Waals surface area (Å²) in [4.78, 5) is 0. The Bertz CT molecular complexity index is 55.1. The van der Waals surface area contributed by atoms with Crippen molar-refractivity contribution in [3.8, 4) is 0 Å². The van der Waals surface area contributed by atoms with Crippen LogP contribution in [0.5, 0.6) is 0 Å². The van der Waals surface area contributed by atoms with E-state index in [0.717, 1.165) is 12.3 Å². The van der Waals surface area contributed by atoms with Gasteiger partial charge in [-0.1, -0.05) is 47.0 Å². The van der Waals surface area contributed by atoms with Gasteiger partial charge >= 0.3 is 0 Å². The molecule has 0 bridgehead atoms. The molecule has 0 aliphatic rings. The molecule has 0 saturated carbocycles. The van der Waals surface area contributed by atoms with Gasteiger partial charge < -0.3 is 0 Å². The van der Waals surface area contributed by atoms with Gasteiger partial charge in [0.25, 0.3) is 0 Å². The molecule has 0 aliphatic carbocycles. The summed E-state index contributed by atoms with van der Waals surface area (Å²) in [6.07, 6.45) is 3.54. The van der Waals surface area contributed by atoms with Crippen LogP contribution in [0.4, 0.5) is 0 Å². The Labute approximate surface area is 59.7 Å². The molecule has 54 valence electrons. The molecule has 2 radical (unpaired) electrons. The van der Waals surface area contributed by atoms with E-state index >= 15 is 0 Å². The molecule has 0 aromatic carbocycles.